The predicted octanol–water partition coefficient (Wildman–Crippen LogP) is 2.55. The van der Waals surface area contributed by atoms with Crippen molar-refractivity contribution in [2.75, 3.05) is 0 Å². The molecule has 1 atom stereocenters. The van der Waals surface area contributed by atoms with Gasteiger partial charge in [-0.05, 0) is 19.9 Å². The molecule has 2 aromatic heterocycles. The summed E-state index contributed by atoms with van der Waals surface area (Å²) < 4.78 is 5.15. The van der Waals surface area contributed by atoms with E-state index >= 15 is 0 Å². The van der Waals surface area contributed by atoms with Crippen LogP contribution in [0.5, 0.6) is 0 Å². The Morgan fingerprint density at radius 2 is 2.11 bits per heavy atom. The zero-order valence-corrected chi connectivity index (χ0v) is 10.3. The number of nitrogens with two attached hydrogens (primary N) is 1. The van der Waals surface area contributed by atoms with Gasteiger partial charge >= 0.3 is 0 Å². The van der Waals surface area contributed by atoms with Crippen LogP contribution >= 0.6 is 0 Å². The van der Waals surface area contributed by atoms with E-state index in [1.165, 1.54) is 0 Å². The zero-order chi connectivity index (χ0) is 12.7. The van der Waals surface area contributed by atoms with E-state index in [1.54, 1.807) is 0 Å². The molecule has 0 aliphatic carbocycles. The number of aromatic amines is 1. The maximum Gasteiger partial charge on any atom is 0.243 e. The summed E-state index contributed by atoms with van der Waals surface area (Å²) in [4.78, 5) is 7.65. The van der Waals surface area contributed by atoms with Crippen LogP contribution < -0.4 is 5.73 Å². The molecule has 0 radical (unpaired) electrons. The molecule has 0 saturated heterocycles. The summed E-state index contributed by atoms with van der Waals surface area (Å²) in [6, 6.07) is 7.79. The first-order valence-electron chi connectivity index (χ1n) is 5.83. The molecule has 92 valence electrons. The molecule has 3 N–H and O–H groups in total. The SMILES string of the molecule is Cc1[nH]c2ccccc2c1-c1noc(C(C)N)n1. The number of aryl methyl sites for hydroxylation is 1. The van der Waals surface area contributed by atoms with Crippen LogP contribution in [-0.4, -0.2) is 15.1 Å². The van der Waals surface area contributed by atoms with Crippen molar-refractivity contribution >= 4 is 10.9 Å². The summed E-state index contributed by atoms with van der Waals surface area (Å²) in [5, 5.41) is 5.09. The first kappa shape index (κ1) is 11.0. The van der Waals surface area contributed by atoms with Crippen LogP contribution in [-0.2, 0) is 0 Å². The Hall–Kier alpha value is -2.14. The number of rotatable bonds is 2. The van der Waals surface area contributed by atoms with Crippen molar-refractivity contribution in [3.8, 4) is 11.4 Å². The number of nitrogens with zero attached hydrogens (tertiary/aromatic N) is 2. The lowest BCUT2D eigenvalue weighted by atomic mass is 10.1. The Labute approximate surface area is 104 Å². The average Bonchev–Trinajstić information content (AvgIpc) is 2.91. The fraction of sp³-hybridized carbons (Fsp3) is 0.231. The summed E-state index contributed by atoms with van der Waals surface area (Å²) in [6.45, 7) is 3.82. The van der Waals surface area contributed by atoms with E-state index < -0.39 is 0 Å². The molecule has 2 heterocycles. The number of hydrogen-bond donors (Lipinski definition) is 2. The van der Waals surface area contributed by atoms with Gasteiger partial charge in [0, 0.05) is 16.6 Å². The van der Waals surface area contributed by atoms with Crippen LogP contribution in [0.25, 0.3) is 22.3 Å². The number of nitrogens with one attached hydrogen (secondary N) is 1. The normalized spacial score (nSPS) is 13.1. The van der Waals surface area contributed by atoms with E-state index in [0.29, 0.717) is 11.7 Å². The van der Waals surface area contributed by atoms with Gasteiger partial charge in [0.25, 0.3) is 0 Å². The van der Waals surface area contributed by atoms with E-state index in [2.05, 4.69) is 15.1 Å². The van der Waals surface area contributed by atoms with Crippen LogP contribution in [0.3, 0.4) is 0 Å². The lowest BCUT2D eigenvalue weighted by molar-refractivity contribution is 0.362. The Morgan fingerprint density at radius 1 is 1.33 bits per heavy atom. The topological polar surface area (TPSA) is 80.7 Å². The van der Waals surface area contributed by atoms with Gasteiger partial charge in [-0.2, -0.15) is 4.98 Å². The molecular weight excluding hydrogens is 228 g/mol. The highest BCUT2D eigenvalue weighted by Gasteiger charge is 2.17. The molecule has 0 aliphatic rings. The minimum atomic E-state index is -0.253. The standard InChI is InChI=1S/C13H14N4O/c1-7(14)13-16-12(17-18-13)11-8(2)15-10-6-4-3-5-9(10)11/h3-7,15H,14H2,1-2H3. The Morgan fingerprint density at radius 3 is 2.83 bits per heavy atom. The van der Waals surface area contributed by atoms with Crippen molar-refractivity contribution in [1.29, 1.82) is 0 Å². The Kier molecular flexibility index (Phi) is 2.41. The third-order valence-electron chi connectivity index (χ3n) is 2.95. The highest BCUT2D eigenvalue weighted by Crippen LogP contribution is 2.30. The largest absolute Gasteiger partial charge is 0.358 e. The van der Waals surface area contributed by atoms with Gasteiger partial charge in [0.2, 0.25) is 11.7 Å². The number of para-hydroxylation sites is 1. The first-order chi connectivity index (χ1) is 8.66. The van der Waals surface area contributed by atoms with Crippen molar-refractivity contribution < 1.29 is 4.52 Å². The highest BCUT2D eigenvalue weighted by atomic mass is 16.5. The van der Waals surface area contributed by atoms with Crippen molar-refractivity contribution in [1.82, 2.24) is 15.1 Å². The first-order valence-corrected chi connectivity index (χ1v) is 5.83. The number of H-pyrrole nitrogens is 1. The highest BCUT2D eigenvalue weighted by molar-refractivity contribution is 5.95. The van der Waals surface area contributed by atoms with Gasteiger partial charge in [0.1, 0.15) is 0 Å². The second kappa shape index (κ2) is 3.96. The van der Waals surface area contributed by atoms with Crippen molar-refractivity contribution in [2.24, 2.45) is 5.73 Å². The molecule has 18 heavy (non-hydrogen) atoms. The molecule has 5 heteroatoms. The van der Waals surface area contributed by atoms with Gasteiger partial charge in [0.05, 0.1) is 11.6 Å². The van der Waals surface area contributed by atoms with Gasteiger partial charge in [-0.25, -0.2) is 0 Å². The summed E-state index contributed by atoms with van der Waals surface area (Å²) in [5.74, 6) is 1.03. The van der Waals surface area contributed by atoms with Crippen LogP contribution in [0.15, 0.2) is 28.8 Å². The fourth-order valence-electron chi connectivity index (χ4n) is 2.09. The van der Waals surface area contributed by atoms with E-state index in [1.807, 2.05) is 38.1 Å². The molecule has 3 rings (SSSR count). The number of hydrogen-bond acceptors (Lipinski definition) is 4. The monoisotopic (exact) mass is 242 g/mol. The van der Waals surface area contributed by atoms with Crippen molar-refractivity contribution in [3.63, 3.8) is 0 Å². The maximum absolute atomic E-state index is 5.73. The molecule has 0 fully saturated rings. The summed E-state index contributed by atoms with van der Waals surface area (Å²) in [5.41, 5.74) is 8.79. The van der Waals surface area contributed by atoms with Gasteiger partial charge < -0.3 is 15.2 Å². The fourth-order valence-corrected chi connectivity index (χ4v) is 2.09. The van der Waals surface area contributed by atoms with Gasteiger partial charge in [0.15, 0.2) is 0 Å². The molecule has 0 amide bonds. The average molecular weight is 242 g/mol. The molecule has 1 unspecified atom stereocenters. The number of fused-ring (bicyclic) bond motifs is 1. The lowest BCUT2D eigenvalue weighted by Gasteiger charge is -1.95. The van der Waals surface area contributed by atoms with Gasteiger partial charge in [-0.1, -0.05) is 23.4 Å². The Balaban J connectivity index is 2.21. The molecule has 3 aromatic rings. The minimum Gasteiger partial charge on any atom is -0.358 e. The summed E-state index contributed by atoms with van der Waals surface area (Å²) in [7, 11) is 0. The molecule has 0 bridgehead atoms. The van der Waals surface area contributed by atoms with E-state index in [0.717, 1.165) is 22.2 Å². The van der Waals surface area contributed by atoms with E-state index in [4.69, 9.17) is 10.3 Å². The summed E-state index contributed by atoms with van der Waals surface area (Å²) >= 11 is 0. The van der Waals surface area contributed by atoms with Crippen LogP contribution in [0.4, 0.5) is 0 Å². The van der Waals surface area contributed by atoms with E-state index in [9.17, 15) is 0 Å². The van der Waals surface area contributed by atoms with Crippen molar-refractivity contribution in [3.05, 3.63) is 35.9 Å². The molecular formula is C13H14N4O. The van der Waals surface area contributed by atoms with Crippen LogP contribution in [0.1, 0.15) is 24.6 Å². The van der Waals surface area contributed by atoms with Crippen molar-refractivity contribution in [2.45, 2.75) is 19.9 Å². The zero-order valence-electron chi connectivity index (χ0n) is 10.3. The second-order valence-electron chi connectivity index (χ2n) is 4.42. The number of aromatic nitrogens is 3. The lowest BCUT2D eigenvalue weighted by Crippen LogP contribution is -2.04. The molecule has 1 aromatic carbocycles. The minimum absolute atomic E-state index is 0.253. The Bertz CT molecular complexity index is 696. The van der Waals surface area contributed by atoms with Gasteiger partial charge in [-0.3, -0.25) is 0 Å². The van der Waals surface area contributed by atoms with Crippen LogP contribution in [0, 0.1) is 6.92 Å². The quantitative estimate of drug-likeness (QED) is 0.723. The van der Waals surface area contributed by atoms with Crippen LogP contribution in [0.2, 0.25) is 0 Å². The van der Waals surface area contributed by atoms with Gasteiger partial charge in [-0.15, -0.1) is 0 Å². The summed E-state index contributed by atoms with van der Waals surface area (Å²) in [6.07, 6.45) is 0. The predicted molar refractivity (Wildman–Crippen MR) is 68.9 cm³/mol. The smallest absolute Gasteiger partial charge is 0.243 e. The second-order valence-corrected chi connectivity index (χ2v) is 4.42. The number of benzene rings is 1. The third kappa shape index (κ3) is 1.60. The molecule has 0 saturated carbocycles. The van der Waals surface area contributed by atoms with E-state index in [-0.39, 0.29) is 6.04 Å². The maximum atomic E-state index is 5.73. The molecule has 0 spiro atoms. The third-order valence-corrected chi connectivity index (χ3v) is 2.95. The molecule has 0 aliphatic heterocycles. The molecule has 5 nitrogen and oxygen atoms in total.